The third kappa shape index (κ3) is 5.41. The summed E-state index contributed by atoms with van der Waals surface area (Å²) >= 11 is 0. The minimum atomic E-state index is -4.11. The first-order chi connectivity index (χ1) is 10.5. The molecule has 1 fully saturated rings. The van der Waals surface area contributed by atoms with Gasteiger partial charge in [-0.3, -0.25) is 4.90 Å². The molecule has 1 atom stereocenters. The van der Waals surface area contributed by atoms with Crippen LogP contribution in [-0.2, 0) is 6.42 Å². The maximum absolute atomic E-state index is 12.7. The van der Waals surface area contributed by atoms with Gasteiger partial charge in [-0.25, -0.2) is 0 Å². The molecule has 3 nitrogen and oxygen atoms in total. The fourth-order valence-corrected chi connectivity index (χ4v) is 3.27. The maximum atomic E-state index is 12.7. The average molecular weight is 387 g/mol. The zero-order valence-electron chi connectivity index (χ0n) is 13.3. The number of rotatable bonds is 4. The van der Waals surface area contributed by atoms with Crippen molar-refractivity contribution in [3.8, 4) is 5.75 Å². The number of ether oxygens (including phenoxy) is 1. The Labute approximate surface area is 152 Å². The molecule has 0 spiro atoms. The zero-order valence-corrected chi connectivity index (χ0v) is 14.9. The number of hydrogen-bond acceptors (Lipinski definition) is 3. The lowest BCUT2D eigenvalue weighted by molar-refractivity contribution is -0.138. The van der Waals surface area contributed by atoms with Gasteiger partial charge in [0.25, 0.3) is 0 Å². The van der Waals surface area contributed by atoms with Crippen LogP contribution in [0, 0.1) is 0 Å². The highest BCUT2D eigenvalue weighted by Crippen LogP contribution is 2.35. The minimum Gasteiger partial charge on any atom is -0.493 e. The molecule has 0 aromatic heterocycles. The Morgan fingerprint density at radius 3 is 2.54 bits per heavy atom. The molecule has 0 saturated carbocycles. The number of nitrogens with one attached hydrogen (secondary N) is 1. The van der Waals surface area contributed by atoms with E-state index in [2.05, 4.69) is 10.2 Å². The molecule has 3 rings (SSSR count). The predicted octanol–water partition coefficient (Wildman–Crippen LogP) is 3.75. The van der Waals surface area contributed by atoms with Crippen LogP contribution < -0.4 is 10.1 Å². The van der Waals surface area contributed by atoms with E-state index in [1.165, 1.54) is 0 Å². The lowest BCUT2D eigenvalue weighted by atomic mass is 9.97. The van der Waals surface area contributed by atoms with Gasteiger partial charge < -0.3 is 10.1 Å². The highest BCUT2D eigenvalue weighted by Gasteiger charge is 2.31. The molecule has 1 aromatic carbocycles. The molecule has 24 heavy (non-hydrogen) atoms. The normalized spacial score (nSPS) is 18.8. The lowest BCUT2D eigenvalue weighted by Gasteiger charge is -2.35. The van der Waals surface area contributed by atoms with Gasteiger partial charge in [-0.2, -0.15) is 13.2 Å². The van der Waals surface area contributed by atoms with Gasteiger partial charge in [0.15, 0.2) is 0 Å². The second kappa shape index (κ2) is 9.13. The molecule has 138 valence electrons. The van der Waals surface area contributed by atoms with Crippen LogP contribution in [0.4, 0.5) is 13.2 Å². The predicted molar refractivity (Wildman–Crippen MR) is 92.6 cm³/mol. The molecule has 1 N–H and O–H groups in total. The van der Waals surface area contributed by atoms with Crippen LogP contribution in [0.3, 0.4) is 0 Å². The highest BCUT2D eigenvalue weighted by molar-refractivity contribution is 5.85. The number of hydrogen-bond donors (Lipinski definition) is 1. The molecule has 2 aliphatic rings. The van der Waals surface area contributed by atoms with Gasteiger partial charge in [0.2, 0.25) is 0 Å². The first kappa shape index (κ1) is 21.4. The third-order valence-corrected chi connectivity index (χ3v) is 4.39. The van der Waals surface area contributed by atoms with Gasteiger partial charge in [-0.05, 0) is 23.6 Å². The molecule has 2 heterocycles. The van der Waals surface area contributed by atoms with Crippen molar-refractivity contribution in [2.24, 2.45) is 0 Å². The van der Waals surface area contributed by atoms with Crippen LogP contribution >= 0.6 is 24.8 Å². The molecule has 8 heteroatoms. The Morgan fingerprint density at radius 1 is 1.17 bits per heavy atom. The Balaban J connectivity index is 0.00000144. The topological polar surface area (TPSA) is 24.5 Å². The number of piperazine rings is 1. The number of benzene rings is 1. The molecule has 0 bridgehead atoms. The van der Waals surface area contributed by atoms with Crippen molar-refractivity contribution in [1.82, 2.24) is 10.2 Å². The van der Waals surface area contributed by atoms with E-state index in [9.17, 15) is 13.2 Å². The van der Waals surface area contributed by atoms with E-state index < -0.39 is 12.6 Å². The van der Waals surface area contributed by atoms with E-state index in [0.29, 0.717) is 6.61 Å². The van der Waals surface area contributed by atoms with Crippen molar-refractivity contribution >= 4 is 24.8 Å². The van der Waals surface area contributed by atoms with Crippen molar-refractivity contribution in [2.45, 2.75) is 31.5 Å². The molecule has 1 saturated heterocycles. The zero-order chi connectivity index (χ0) is 15.6. The van der Waals surface area contributed by atoms with Crippen LogP contribution in [0.2, 0.25) is 0 Å². The van der Waals surface area contributed by atoms with Crippen LogP contribution in [-0.4, -0.2) is 43.9 Å². The van der Waals surface area contributed by atoms with Crippen molar-refractivity contribution in [2.75, 3.05) is 32.8 Å². The van der Waals surface area contributed by atoms with E-state index in [0.717, 1.165) is 49.5 Å². The molecule has 0 amide bonds. The second-order valence-electron chi connectivity index (χ2n) is 5.92. The van der Waals surface area contributed by atoms with Gasteiger partial charge in [-0.15, -0.1) is 24.8 Å². The van der Waals surface area contributed by atoms with Crippen LogP contribution in [0.15, 0.2) is 18.2 Å². The summed E-state index contributed by atoms with van der Waals surface area (Å²) in [6, 6.07) is 5.69. The van der Waals surface area contributed by atoms with Crippen molar-refractivity contribution in [1.29, 1.82) is 0 Å². The van der Waals surface area contributed by atoms with E-state index >= 15 is 0 Å². The fraction of sp³-hybridized carbons (Fsp3) is 0.625. The van der Waals surface area contributed by atoms with E-state index in [-0.39, 0.29) is 37.3 Å². The van der Waals surface area contributed by atoms with Gasteiger partial charge in [0, 0.05) is 45.1 Å². The Bertz CT molecular complexity index is 523. The van der Waals surface area contributed by atoms with Gasteiger partial charge in [0.05, 0.1) is 6.61 Å². The summed E-state index contributed by atoms with van der Waals surface area (Å²) in [5, 5.41) is 3.25. The van der Waals surface area contributed by atoms with Crippen molar-refractivity contribution in [3.63, 3.8) is 0 Å². The number of halogens is 5. The second-order valence-corrected chi connectivity index (χ2v) is 5.92. The van der Waals surface area contributed by atoms with Gasteiger partial charge >= 0.3 is 6.18 Å². The Hall–Kier alpha value is -0.690. The molecule has 2 aliphatic heterocycles. The average Bonchev–Trinajstić information content (AvgIpc) is 2.95. The van der Waals surface area contributed by atoms with Gasteiger partial charge in [-0.1, -0.05) is 12.1 Å². The number of nitrogens with zero attached hydrogens (tertiary/aromatic N) is 1. The molecule has 0 radical (unpaired) electrons. The van der Waals surface area contributed by atoms with Crippen LogP contribution in [0.25, 0.3) is 0 Å². The summed E-state index contributed by atoms with van der Waals surface area (Å²) in [6.07, 6.45) is -3.89. The monoisotopic (exact) mass is 386 g/mol. The molecule has 0 unspecified atom stereocenters. The minimum absolute atomic E-state index is 0. The number of fused-ring (bicyclic) bond motifs is 1. The molecule has 0 aliphatic carbocycles. The molecule has 1 aromatic rings. The Morgan fingerprint density at radius 2 is 1.88 bits per heavy atom. The molecular formula is C16H23Cl2F3N2O. The lowest BCUT2D eigenvalue weighted by Crippen LogP contribution is -2.45. The summed E-state index contributed by atoms with van der Waals surface area (Å²) < 4.78 is 43.5. The Kier molecular flexibility index (Phi) is 8.12. The summed E-state index contributed by atoms with van der Waals surface area (Å²) in [4.78, 5) is 2.17. The molecular weight excluding hydrogens is 364 g/mol. The standard InChI is InChI=1S/C16H21F3N2O.2ClH/c17-16(18,19)5-3-14(21-8-6-20-7-9-21)12-1-2-15-13(11-12)4-10-22-15;;/h1-2,11,14,20H,3-10H2;2*1H/t14-;;/m0../s1. The van der Waals surface area contributed by atoms with E-state index in [4.69, 9.17) is 4.74 Å². The quantitative estimate of drug-likeness (QED) is 0.852. The first-order valence-electron chi connectivity index (χ1n) is 7.80. The summed E-state index contributed by atoms with van der Waals surface area (Å²) in [5.41, 5.74) is 2.10. The summed E-state index contributed by atoms with van der Waals surface area (Å²) in [7, 11) is 0. The fourth-order valence-electron chi connectivity index (χ4n) is 3.27. The van der Waals surface area contributed by atoms with E-state index in [1.54, 1.807) is 0 Å². The summed E-state index contributed by atoms with van der Waals surface area (Å²) in [6.45, 7) is 3.90. The van der Waals surface area contributed by atoms with Gasteiger partial charge in [0.1, 0.15) is 5.75 Å². The first-order valence-corrected chi connectivity index (χ1v) is 7.80. The van der Waals surface area contributed by atoms with E-state index in [1.807, 2.05) is 18.2 Å². The smallest absolute Gasteiger partial charge is 0.389 e. The SMILES string of the molecule is Cl.Cl.FC(F)(F)CC[C@@H](c1ccc2c(c1)CCO2)N1CCNCC1. The van der Waals surface area contributed by atoms with Crippen LogP contribution in [0.1, 0.15) is 30.0 Å². The third-order valence-electron chi connectivity index (χ3n) is 4.39. The van der Waals surface area contributed by atoms with Crippen molar-refractivity contribution in [3.05, 3.63) is 29.3 Å². The highest BCUT2D eigenvalue weighted by atomic mass is 35.5. The maximum Gasteiger partial charge on any atom is 0.389 e. The van der Waals surface area contributed by atoms with Crippen LogP contribution in [0.5, 0.6) is 5.75 Å². The summed E-state index contributed by atoms with van der Waals surface area (Å²) in [5.74, 6) is 0.874. The van der Waals surface area contributed by atoms with Crippen molar-refractivity contribution < 1.29 is 17.9 Å². The number of alkyl halides is 3. The largest absolute Gasteiger partial charge is 0.493 e.